The first-order chi connectivity index (χ1) is 9.61. The summed E-state index contributed by atoms with van der Waals surface area (Å²) in [5, 5.41) is 3.48. The van der Waals surface area contributed by atoms with Crippen LogP contribution in [0.2, 0.25) is 0 Å². The number of nitrogens with zero attached hydrogens (tertiary/aromatic N) is 1. The zero-order valence-corrected chi connectivity index (χ0v) is 12.5. The molecule has 0 saturated carbocycles. The van der Waals surface area contributed by atoms with E-state index in [0.29, 0.717) is 6.04 Å². The van der Waals surface area contributed by atoms with Crippen LogP contribution in [0.15, 0.2) is 16.5 Å². The second-order valence-electron chi connectivity index (χ2n) is 5.45. The van der Waals surface area contributed by atoms with Crippen LogP contribution in [0.1, 0.15) is 48.5 Å². The van der Waals surface area contributed by atoms with Crippen molar-refractivity contribution in [3.63, 3.8) is 0 Å². The average Bonchev–Trinajstić information content (AvgIpc) is 2.95. The maximum atomic E-state index is 11.4. The summed E-state index contributed by atoms with van der Waals surface area (Å²) in [5.74, 6) is 0.588. The van der Waals surface area contributed by atoms with Crippen molar-refractivity contribution in [2.75, 3.05) is 27.2 Å². The molecule has 5 heteroatoms. The first-order valence-corrected chi connectivity index (χ1v) is 7.23. The molecule has 1 saturated heterocycles. The Kier molecular flexibility index (Phi) is 5.20. The van der Waals surface area contributed by atoms with Gasteiger partial charge in [-0.05, 0) is 45.5 Å². The largest absolute Gasteiger partial charge is 0.463 e. The number of carbonyl (C=O) groups is 1. The molecule has 5 nitrogen and oxygen atoms in total. The molecule has 0 spiro atoms. The number of hydrogen-bond acceptors (Lipinski definition) is 5. The van der Waals surface area contributed by atoms with Crippen LogP contribution in [0, 0.1) is 0 Å². The molecule has 1 aliphatic rings. The molecule has 0 radical (unpaired) electrons. The van der Waals surface area contributed by atoms with E-state index in [1.165, 1.54) is 32.9 Å². The summed E-state index contributed by atoms with van der Waals surface area (Å²) < 4.78 is 10.2. The van der Waals surface area contributed by atoms with Crippen molar-refractivity contribution in [1.82, 2.24) is 10.2 Å². The number of ether oxygens (including phenoxy) is 1. The number of rotatable bonds is 5. The van der Waals surface area contributed by atoms with Gasteiger partial charge in [-0.2, -0.15) is 0 Å². The Morgan fingerprint density at radius 3 is 3.05 bits per heavy atom. The summed E-state index contributed by atoms with van der Waals surface area (Å²) >= 11 is 0. The van der Waals surface area contributed by atoms with E-state index < -0.39 is 5.97 Å². The topological polar surface area (TPSA) is 54.7 Å². The van der Waals surface area contributed by atoms with Crippen LogP contribution in [0.25, 0.3) is 0 Å². The predicted octanol–water partition coefficient (Wildman–Crippen LogP) is 2.20. The molecule has 1 aliphatic heterocycles. The van der Waals surface area contributed by atoms with Gasteiger partial charge in [-0.3, -0.25) is 0 Å². The van der Waals surface area contributed by atoms with E-state index in [1.807, 2.05) is 13.0 Å². The van der Waals surface area contributed by atoms with E-state index in [4.69, 9.17) is 4.42 Å². The van der Waals surface area contributed by atoms with Crippen molar-refractivity contribution in [3.8, 4) is 0 Å². The third-order valence-electron chi connectivity index (χ3n) is 4.02. The van der Waals surface area contributed by atoms with Crippen LogP contribution in [-0.2, 0) is 4.74 Å². The lowest BCUT2D eigenvalue weighted by Gasteiger charge is -2.33. The molecule has 1 aromatic heterocycles. The molecule has 1 aromatic rings. The summed E-state index contributed by atoms with van der Waals surface area (Å²) in [5.41, 5.74) is 0. The highest BCUT2D eigenvalue weighted by Gasteiger charge is 2.20. The van der Waals surface area contributed by atoms with E-state index in [-0.39, 0.29) is 11.8 Å². The summed E-state index contributed by atoms with van der Waals surface area (Å²) in [7, 11) is 3.53. The molecule has 0 aliphatic carbocycles. The highest BCUT2D eigenvalue weighted by Crippen LogP contribution is 2.19. The van der Waals surface area contributed by atoms with Crippen LogP contribution in [0.5, 0.6) is 0 Å². The Morgan fingerprint density at radius 1 is 1.55 bits per heavy atom. The number of carbonyl (C=O) groups excluding carboxylic acids is 1. The second kappa shape index (κ2) is 6.90. The fourth-order valence-electron chi connectivity index (χ4n) is 2.61. The van der Waals surface area contributed by atoms with Crippen molar-refractivity contribution in [3.05, 3.63) is 23.7 Å². The van der Waals surface area contributed by atoms with Gasteiger partial charge >= 0.3 is 5.97 Å². The number of nitrogens with one attached hydrogen (secondary N) is 1. The fourth-order valence-corrected chi connectivity index (χ4v) is 2.61. The molecule has 0 amide bonds. The van der Waals surface area contributed by atoms with Crippen LogP contribution in [0.3, 0.4) is 0 Å². The van der Waals surface area contributed by atoms with Crippen molar-refractivity contribution in [2.45, 2.75) is 38.3 Å². The quantitative estimate of drug-likeness (QED) is 0.838. The third kappa shape index (κ3) is 3.61. The Labute approximate surface area is 120 Å². The van der Waals surface area contributed by atoms with Crippen LogP contribution < -0.4 is 5.32 Å². The molecule has 2 unspecified atom stereocenters. The summed E-state index contributed by atoms with van der Waals surface area (Å²) in [6.07, 6.45) is 3.84. The minimum absolute atomic E-state index is 0.0868. The minimum Gasteiger partial charge on any atom is -0.463 e. The van der Waals surface area contributed by atoms with Crippen LogP contribution >= 0.6 is 0 Å². The predicted molar refractivity (Wildman–Crippen MR) is 76.7 cm³/mol. The zero-order valence-electron chi connectivity index (χ0n) is 12.5. The Morgan fingerprint density at radius 2 is 2.35 bits per heavy atom. The molecular weight excluding hydrogens is 256 g/mol. The highest BCUT2D eigenvalue weighted by atomic mass is 16.5. The van der Waals surface area contributed by atoms with E-state index in [2.05, 4.69) is 22.0 Å². The van der Waals surface area contributed by atoms with Gasteiger partial charge in [0.2, 0.25) is 5.76 Å². The average molecular weight is 280 g/mol. The van der Waals surface area contributed by atoms with Gasteiger partial charge in [0, 0.05) is 12.6 Å². The van der Waals surface area contributed by atoms with Crippen molar-refractivity contribution in [2.24, 2.45) is 0 Å². The lowest BCUT2D eigenvalue weighted by atomic mass is 10.0. The van der Waals surface area contributed by atoms with Crippen molar-refractivity contribution >= 4 is 5.97 Å². The van der Waals surface area contributed by atoms with Gasteiger partial charge in [0.05, 0.1) is 13.2 Å². The number of likely N-dealkylation sites (N-methyl/N-ethyl adjacent to an activating group) is 1. The highest BCUT2D eigenvalue weighted by molar-refractivity contribution is 5.86. The van der Waals surface area contributed by atoms with Gasteiger partial charge < -0.3 is 19.4 Å². The summed E-state index contributed by atoms with van der Waals surface area (Å²) in [4.78, 5) is 13.8. The molecule has 1 N–H and O–H groups in total. The monoisotopic (exact) mass is 280 g/mol. The normalized spacial score (nSPS) is 21.6. The van der Waals surface area contributed by atoms with Gasteiger partial charge in [-0.1, -0.05) is 6.42 Å². The van der Waals surface area contributed by atoms with Crippen LogP contribution in [0.4, 0.5) is 0 Å². The first-order valence-electron chi connectivity index (χ1n) is 7.23. The lowest BCUT2D eigenvalue weighted by Crippen LogP contribution is -2.43. The molecule has 2 heterocycles. The number of furan rings is 1. The standard InChI is InChI=1S/C15H24N2O3/c1-11(13-7-8-14(20-13)15(18)19-3)16-10-12-6-4-5-9-17(12)2/h7-8,11-12,16H,4-6,9-10H2,1-3H3. The number of likely N-dealkylation sites (tertiary alicyclic amines) is 1. The molecule has 2 atom stereocenters. The third-order valence-corrected chi connectivity index (χ3v) is 4.02. The number of esters is 1. The number of piperidine rings is 1. The number of methoxy groups -OCH3 is 1. The smallest absolute Gasteiger partial charge is 0.373 e. The summed E-state index contributed by atoms with van der Waals surface area (Å²) in [6.45, 7) is 4.16. The Hall–Kier alpha value is -1.33. The van der Waals surface area contributed by atoms with Gasteiger partial charge in [-0.25, -0.2) is 4.79 Å². The lowest BCUT2D eigenvalue weighted by molar-refractivity contribution is 0.0562. The molecule has 1 fully saturated rings. The molecule has 2 rings (SSSR count). The number of hydrogen-bond donors (Lipinski definition) is 1. The summed E-state index contributed by atoms with van der Waals surface area (Å²) in [6, 6.07) is 4.16. The minimum atomic E-state index is -0.435. The fraction of sp³-hybridized carbons (Fsp3) is 0.667. The molecule has 112 valence electrons. The van der Waals surface area contributed by atoms with Gasteiger partial charge in [0.1, 0.15) is 5.76 Å². The molecule has 20 heavy (non-hydrogen) atoms. The maximum absolute atomic E-state index is 11.4. The van der Waals surface area contributed by atoms with Crippen molar-refractivity contribution in [1.29, 1.82) is 0 Å². The zero-order chi connectivity index (χ0) is 14.5. The first kappa shape index (κ1) is 15.1. The SMILES string of the molecule is COC(=O)c1ccc(C(C)NCC2CCCCN2C)o1. The van der Waals surface area contributed by atoms with Crippen molar-refractivity contribution < 1.29 is 13.9 Å². The van der Waals surface area contributed by atoms with Gasteiger partial charge in [-0.15, -0.1) is 0 Å². The Bertz CT molecular complexity index is 444. The second-order valence-corrected chi connectivity index (χ2v) is 5.45. The molecular formula is C15H24N2O3. The van der Waals surface area contributed by atoms with E-state index in [0.717, 1.165) is 12.3 Å². The van der Waals surface area contributed by atoms with Crippen LogP contribution in [-0.4, -0.2) is 44.2 Å². The van der Waals surface area contributed by atoms with E-state index >= 15 is 0 Å². The maximum Gasteiger partial charge on any atom is 0.373 e. The van der Waals surface area contributed by atoms with E-state index in [9.17, 15) is 4.79 Å². The van der Waals surface area contributed by atoms with E-state index in [1.54, 1.807) is 6.07 Å². The Balaban J connectivity index is 1.86. The van der Waals surface area contributed by atoms with Gasteiger partial charge in [0.25, 0.3) is 0 Å². The molecule has 0 aromatic carbocycles. The molecule has 0 bridgehead atoms. The van der Waals surface area contributed by atoms with Gasteiger partial charge in [0.15, 0.2) is 0 Å².